The fraction of sp³-hybridized carbons (Fsp3) is 0.308. The summed E-state index contributed by atoms with van der Waals surface area (Å²) < 4.78 is 8.42. The molecular weight excluding hydrogens is 266 g/mol. The minimum absolute atomic E-state index is 0.329. The van der Waals surface area contributed by atoms with Crippen molar-refractivity contribution in [2.45, 2.75) is 6.92 Å². The largest absolute Gasteiger partial charge is 0.466 e. The molecule has 0 fully saturated rings. The van der Waals surface area contributed by atoms with Crippen molar-refractivity contribution < 1.29 is 29.0 Å². The van der Waals surface area contributed by atoms with E-state index >= 15 is 0 Å². The van der Waals surface area contributed by atoms with E-state index in [1.165, 1.54) is 14.2 Å². The lowest BCUT2D eigenvalue weighted by atomic mass is 10.4. The first-order valence-electron chi connectivity index (χ1n) is 5.25. The standard InChI is InChI=1S/C5H8O2.C4H7NO2.C4H6O2/c1-4(2)5(6)7-3;1-2-4(7)5-3-6;1-3-4(5)6-2/h1H2,2-3H3;2,6H,1,3H2,(H,5,7);3H,1H2,2H3. The number of aliphatic hydroxyl groups is 1. The highest BCUT2D eigenvalue weighted by atomic mass is 16.5. The van der Waals surface area contributed by atoms with Gasteiger partial charge < -0.3 is 19.9 Å². The predicted molar refractivity (Wildman–Crippen MR) is 74.5 cm³/mol. The Morgan fingerprint density at radius 3 is 1.70 bits per heavy atom. The molecule has 0 aliphatic rings. The van der Waals surface area contributed by atoms with Crippen LogP contribution in [0, 0.1) is 0 Å². The molecule has 0 saturated carbocycles. The zero-order valence-electron chi connectivity index (χ0n) is 12.0. The SMILES string of the molecule is C=C(C)C(=O)OC.C=CC(=O)NCO.C=CC(=O)OC. The van der Waals surface area contributed by atoms with Crippen LogP contribution in [0.3, 0.4) is 0 Å². The first kappa shape index (κ1) is 22.7. The first-order chi connectivity index (χ1) is 9.30. The van der Waals surface area contributed by atoms with E-state index in [-0.39, 0.29) is 18.6 Å². The molecule has 0 aromatic carbocycles. The number of hydrogen-bond acceptors (Lipinski definition) is 6. The quantitative estimate of drug-likeness (QED) is 0.438. The van der Waals surface area contributed by atoms with Crippen LogP contribution in [-0.2, 0) is 23.9 Å². The number of rotatable bonds is 4. The van der Waals surface area contributed by atoms with Crippen LogP contribution >= 0.6 is 0 Å². The summed E-state index contributed by atoms with van der Waals surface area (Å²) in [6.07, 6.45) is 2.20. The van der Waals surface area contributed by atoms with Crippen LogP contribution in [0.25, 0.3) is 0 Å². The number of carbonyl (C=O) groups is 3. The second-order valence-corrected chi connectivity index (χ2v) is 2.90. The van der Waals surface area contributed by atoms with Crippen LogP contribution in [-0.4, -0.2) is 43.9 Å². The van der Waals surface area contributed by atoms with Crippen LogP contribution in [0.1, 0.15) is 6.92 Å². The van der Waals surface area contributed by atoms with E-state index in [9.17, 15) is 14.4 Å². The predicted octanol–water partition coefficient (Wildman–Crippen LogP) is 0.319. The average Bonchev–Trinajstić information content (AvgIpc) is 2.46. The number of amides is 1. The number of esters is 2. The highest BCUT2D eigenvalue weighted by molar-refractivity contribution is 5.87. The normalized spacial score (nSPS) is 7.40. The number of hydrogen-bond donors (Lipinski definition) is 2. The minimum atomic E-state index is -0.394. The molecule has 0 aliphatic heterocycles. The summed E-state index contributed by atoms with van der Waals surface area (Å²) in [5.41, 5.74) is 0.433. The maximum atomic E-state index is 10.2. The molecule has 0 aliphatic carbocycles. The summed E-state index contributed by atoms with van der Waals surface area (Å²) in [5.74, 6) is -1.10. The van der Waals surface area contributed by atoms with E-state index in [1.54, 1.807) is 6.92 Å². The van der Waals surface area contributed by atoms with Gasteiger partial charge in [0.2, 0.25) is 5.91 Å². The highest BCUT2D eigenvalue weighted by Gasteiger charge is 1.95. The van der Waals surface area contributed by atoms with Gasteiger partial charge in [0.1, 0.15) is 6.73 Å². The van der Waals surface area contributed by atoms with Crippen LogP contribution in [0.2, 0.25) is 0 Å². The van der Waals surface area contributed by atoms with Gasteiger partial charge in [0.25, 0.3) is 0 Å². The Bertz CT molecular complexity index is 347. The van der Waals surface area contributed by atoms with Gasteiger partial charge in [-0.05, 0) is 13.0 Å². The summed E-state index contributed by atoms with van der Waals surface area (Å²) in [7, 11) is 2.64. The minimum Gasteiger partial charge on any atom is -0.466 e. The van der Waals surface area contributed by atoms with Gasteiger partial charge in [-0.3, -0.25) is 4.79 Å². The molecule has 0 unspecified atom stereocenters. The van der Waals surface area contributed by atoms with Crippen molar-refractivity contribution in [3.63, 3.8) is 0 Å². The van der Waals surface area contributed by atoms with Gasteiger partial charge in [-0.1, -0.05) is 19.7 Å². The Morgan fingerprint density at radius 2 is 1.65 bits per heavy atom. The summed E-state index contributed by atoms with van der Waals surface area (Å²) in [6.45, 7) is 10.9. The number of aliphatic hydroxyl groups excluding tert-OH is 1. The van der Waals surface area contributed by atoms with Crippen molar-refractivity contribution in [2.24, 2.45) is 0 Å². The number of carbonyl (C=O) groups excluding carboxylic acids is 3. The molecule has 7 nitrogen and oxygen atoms in total. The molecule has 1 amide bonds. The van der Waals surface area contributed by atoms with Gasteiger partial charge in [-0.25, -0.2) is 9.59 Å². The molecule has 0 radical (unpaired) electrons. The third-order valence-corrected chi connectivity index (χ3v) is 1.34. The van der Waals surface area contributed by atoms with Crippen LogP contribution in [0.4, 0.5) is 0 Å². The Hall–Kier alpha value is -2.41. The van der Waals surface area contributed by atoms with Crippen molar-refractivity contribution in [1.82, 2.24) is 5.32 Å². The molecule has 20 heavy (non-hydrogen) atoms. The van der Waals surface area contributed by atoms with E-state index in [0.717, 1.165) is 12.2 Å². The number of ether oxygens (including phenoxy) is 2. The molecule has 0 aromatic rings. The molecule has 0 atom stereocenters. The Balaban J connectivity index is -0.000000218. The smallest absolute Gasteiger partial charge is 0.332 e. The van der Waals surface area contributed by atoms with Crippen molar-refractivity contribution in [3.05, 3.63) is 37.5 Å². The van der Waals surface area contributed by atoms with Gasteiger partial charge in [0.05, 0.1) is 14.2 Å². The van der Waals surface area contributed by atoms with E-state index in [2.05, 4.69) is 34.5 Å². The Morgan fingerprint density at radius 1 is 1.15 bits per heavy atom. The number of methoxy groups -OCH3 is 2. The summed E-state index contributed by atoms with van der Waals surface area (Å²) in [6, 6.07) is 0. The molecule has 0 bridgehead atoms. The zero-order valence-corrected chi connectivity index (χ0v) is 12.0. The molecule has 7 heteroatoms. The van der Waals surface area contributed by atoms with Crippen molar-refractivity contribution >= 4 is 17.8 Å². The topological polar surface area (TPSA) is 102 Å². The second-order valence-electron chi connectivity index (χ2n) is 2.90. The third kappa shape index (κ3) is 20.9. The van der Waals surface area contributed by atoms with Crippen molar-refractivity contribution in [2.75, 3.05) is 21.0 Å². The van der Waals surface area contributed by atoms with Gasteiger partial charge in [-0.15, -0.1) is 0 Å². The Labute approximate surface area is 118 Å². The van der Waals surface area contributed by atoms with Crippen molar-refractivity contribution in [3.8, 4) is 0 Å². The molecular formula is C13H21NO6. The van der Waals surface area contributed by atoms with E-state index in [0.29, 0.717) is 5.57 Å². The maximum absolute atomic E-state index is 10.2. The average molecular weight is 287 g/mol. The van der Waals surface area contributed by atoms with Gasteiger partial charge >= 0.3 is 11.9 Å². The number of nitrogens with one attached hydrogen (secondary N) is 1. The first-order valence-corrected chi connectivity index (χ1v) is 5.25. The molecule has 0 aromatic heterocycles. The molecule has 0 spiro atoms. The van der Waals surface area contributed by atoms with Gasteiger partial charge in [0.15, 0.2) is 0 Å². The summed E-state index contributed by atoms with van der Waals surface area (Å²) >= 11 is 0. The van der Waals surface area contributed by atoms with E-state index in [4.69, 9.17) is 5.11 Å². The van der Waals surface area contributed by atoms with Crippen LogP contribution < -0.4 is 5.32 Å². The van der Waals surface area contributed by atoms with Gasteiger partial charge in [-0.2, -0.15) is 0 Å². The van der Waals surface area contributed by atoms with Crippen molar-refractivity contribution in [1.29, 1.82) is 0 Å². The van der Waals surface area contributed by atoms with Crippen LogP contribution in [0.15, 0.2) is 37.5 Å². The third-order valence-electron chi connectivity index (χ3n) is 1.34. The fourth-order valence-electron chi connectivity index (χ4n) is 0.408. The summed E-state index contributed by atoms with van der Waals surface area (Å²) in [5, 5.41) is 10.1. The summed E-state index contributed by atoms with van der Waals surface area (Å²) in [4.78, 5) is 30.1. The zero-order chi connectivity index (χ0) is 16.6. The monoisotopic (exact) mass is 287 g/mol. The lowest BCUT2D eigenvalue weighted by Crippen LogP contribution is -2.20. The molecule has 2 N–H and O–H groups in total. The highest BCUT2D eigenvalue weighted by Crippen LogP contribution is 1.87. The lowest BCUT2D eigenvalue weighted by Gasteiger charge is -1.91. The molecule has 114 valence electrons. The van der Waals surface area contributed by atoms with E-state index < -0.39 is 5.97 Å². The molecule has 0 rings (SSSR count). The second kappa shape index (κ2) is 16.6. The molecule has 0 heterocycles. The maximum Gasteiger partial charge on any atom is 0.332 e. The van der Waals surface area contributed by atoms with Crippen LogP contribution in [0.5, 0.6) is 0 Å². The lowest BCUT2D eigenvalue weighted by molar-refractivity contribution is -0.136. The van der Waals surface area contributed by atoms with E-state index in [1.807, 2.05) is 0 Å². The fourth-order valence-corrected chi connectivity index (χ4v) is 0.408. The molecule has 0 saturated heterocycles. The Kier molecular flexibility index (Phi) is 18.9. The van der Waals surface area contributed by atoms with Gasteiger partial charge in [0, 0.05) is 11.6 Å².